The second kappa shape index (κ2) is 7.34. The van der Waals surface area contributed by atoms with E-state index in [2.05, 4.69) is 0 Å². The summed E-state index contributed by atoms with van der Waals surface area (Å²) in [6.45, 7) is 3.51. The molecule has 0 unspecified atom stereocenters. The number of nitrogens with zero attached hydrogens (tertiary/aromatic N) is 2. The molecule has 0 N–H and O–H groups in total. The van der Waals surface area contributed by atoms with Crippen LogP contribution in [0.3, 0.4) is 0 Å². The minimum absolute atomic E-state index is 0.0940. The molecule has 0 aliphatic carbocycles. The van der Waals surface area contributed by atoms with Crippen LogP contribution in [0.2, 0.25) is 0 Å². The highest BCUT2D eigenvalue weighted by molar-refractivity contribution is 5.94. The van der Waals surface area contributed by atoms with E-state index >= 15 is 0 Å². The molecule has 5 nitrogen and oxygen atoms in total. The number of Topliss-reactive ketones (excluding diaryl/α,β-unsaturated/α-hetero) is 1. The number of rotatable bonds is 4. The lowest BCUT2D eigenvalue weighted by Gasteiger charge is -2.35. The number of hydrogen-bond acceptors (Lipinski definition) is 4. The average Bonchev–Trinajstić information content (AvgIpc) is 3.13. The number of piperazine rings is 1. The molecule has 25 heavy (non-hydrogen) atoms. The van der Waals surface area contributed by atoms with Gasteiger partial charge in [-0.2, -0.15) is 0 Å². The van der Waals surface area contributed by atoms with Crippen LogP contribution in [-0.4, -0.2) is 42.8 Å². The van der Waals surface area contributed by atoms with Crippen molar-refractivity contribution in [3.05, 3.63) is 59.8 Å². The Balaban J connectivity index is 1.60. The molecular formula is C19H19FN2O3. The summed E-state index contributed by atoms with van der Waals surface area (Å²) < 4.78 is 19.4. The van der Waals surface area contributed by atoms with Crippen LogP contribution in [-0.2, 0) is 4.79 Å². The third kappa shape index (κ3) is 3.96. The number of furan rings is 1. The monoisotopic (exact) mass is 342 g/mol. The van der Waals surface area contributed by atoms with Gasteiger partial charge >= 0.3 is 0 Å². The lowest BCUT2D eigenvalue weighted by Crippen LogP contribution is -2.48. The topological polar surface area (TPSA) is 53.8 Å². The molecule has 1 amide bonds. The van der Waals surface area contributed by atoms with Crippen molar-refractivity contribution in [3.8, 4) is 0 Å². The Morgan fingerprint density at radius 1 is 1.16 bits per heavy atom. The van der Waals surface area contributed by atoms with Crippen molar-refractivity contribution in [1.82, 2.24) is 4.90 Å². The first-order valence-electron chi connectivity index (χ1n) is 8.10. The first-order chi connectivity index (χ1) is 12.0. The number of carbonyl (C=O) groups is 2. The van der Waals surface area contributed by atoms with Crippen LogP contribution in [0, 0.1) is 5.82 Å². The fraction of sp³-hybridized carbons (Fsp3) is 0.263. The molecule has 0 saturated carbocycles. The summed E-state index contributed by atoms with van der Waals surface area (Å²) in [6, 6.07) is 8.05. The molecule has 1 aliphatic rings. The van der Waals surface area contributed by atoms with Gasteiger partial charge in [-0.05, 0) is 43.3 Å². The number of anilines is 1. The molecule has 1 fully saturated rings. The van der Waals surface area contributed by atoms with Crippen molar-refractivity contribution in [2.24, 2.45) is 0 Å². The van der Waals surface area contributed by atoms with E-state index in [1.165, 1.54) is 19.1 Å². The van der Waals surface area contributed by atoms with Crippen molar-refractivity contribution in [2.45, 2.75) is 6.92 Å². The van der Waals surface area contributed by atoms with Gasteiger partial charge in [-0.15, -0.1) is 0 Å². The minimum atomic E-state index is -0.412. The predicted octanol–water partition coefficient (Wildman–Crippen LogP) is 2.98. The van der Waals surface area contributed by atoms with Gasteiger partial charge in [0, 0.05) is 37.8 Å². The van der Waals surface area contributed by atoms with Crippen LogP contribution in [0.4, 0.5) is 10.1 Å². The molecule has 0 spiro atoms. The van der Waals surface area contributed by atoms with Crippen molar-refractivity contribution < 1.29 is 18.4 Å². The summed E-state index contributed by atoms with van der Waals surface area (Å²) in [6.07, 6.45) is 4.67. The SMILES string of the molecule is CC(=O)c1ccc(N2CCN(C(=O)C=Cc3ccco3)CC2)c(F)c1. The van der Waals surface area contributed by atoms with E-state index in [9.17, 15) is 14.0 Å². The number of benzene rings is 1. The maximum absolute atomic E-state index is 14.2. The van der Waals surface area contributed by atoms with Gasteiger partial charge in [0.1, 0.15) is 11.6 Å². The van der Waals surface area contributed by atoms with E-state index in [0.29, 0.717) is 43.2 Å². The fourth-order valence-corrected chi connectivity index (χ4v) is 2.80. The Bertz CT molecular complexity index is 791. The molecule has 0 radical (unpaired) electrons. The van der Waals surface area contributed by atoms with Crippen LogP contribution >= 0.6 is 0 Å². The minimum Gasteiger partial charge on any atom is -0.465 e. The largest absolute Gasteiger partial charge is 0.465 e. The highest BCUT2D eigenvalue weighted by Gasteiger charge is 2.22. The second-order valence-corrected chi connectivity index (χ2v) is 5.88. The van der Waals surface area contributed by atoms with Gasteiger partial charge < -0.3 is 14.2 Å². The Kier molecular flexibility index (Phi) is 4.97. The maximum atomic E-state index is 14.2. The van der Waals surface area contributed by atoms with E-state index in [4.69, 9.17) is 4.42 Å². The van der Waals surface area contributed by atoms with E-state index in [1.807, 2.05) is 4.90 Å². The van der Waals surface area contributed by atoms with Gasteiger partial charge in [0.25, 0.3) is 0 Å². The molecule has 1 aliphatic heterocycles. The number of halogens is 1. The van der Waals surface area contributed by atoms with Crippen molar-refractivity contribution >= 4 is 23.5 Å². The smallest absolute Gasteiger partial charge is 0.246 e. The lowest BCUT2D eigenvalue weighted by atomic mass is 10.1. The summed E-state index contributed by atoms with van der Waals surface area (Å²) in [7, 11) is 0. The van der Waals surface area contributed by atoms with Gasteiger partial charge in [0.15, 0.2) is 5.78 Å². The van der Waals surface area contributed by atoms with Crippen LogP contribution in [0.15, 0.2) is 47.1 Å². The molecule has 3 rings (SSSR count). The lowest BCUT2D eigenvalue weighted by molar-refractivity contribution is -0.126. The van der Waals surface area contributed by atoms with Gasteiger partial charge in [-0.1, -0.05) is 0 Å². The normalized spacial score (nSPS) is 15.0. The van der Waals surface area contributed by atoms with E-state index in [1.54, 1.807) is 41.5 Å². The van der Waals surface area contributed by atoms with Gasteiger partial charge in [-0.25, -0.2) is 4.39 Å². The van der Waals surface area contributed by atoms with Crippen LogP contribution in [0.25, 0.3) is 6.08 Å². The molecule has 0 atom stereocenters. The first kappa shape index (κ1) is 17.0. The number of amides is 1. The Morgan fingerprint density at radius 2 is 1.92 bits per heavy atom. The van der Waals surface area contributed by atoms with Crippen molar-refractivity contribution in [3.63, 3.8) is 0 Å². The van der Waals surface area contributed by atoms with Crippen molar-refractivity contribution in [2.75, 3.05) is 31.1 Å². The van der Waals surface area contributed by atoms with Crippen LogP contribution < -0.4 is 4.90 Å². The summed E-state index contributed by atoms with van der Waals surface area (Å²) in [5, 5.41) is 0. The molecule has 130 valence electrons. The van der Waals surface area contributed by atoms with E-state index in [0.717, 1.165) is 0 Å². The molecule has 2 aromatic rings. The predicted molar refractivity (Wildman–Crippen MR) is 92.9 cm³/mol. The maximum Gasteiger partial charge on any atom is 0.246 e. The summed E-state index contributed by atoms with van der Waals surface area (Å²) in [4.78, 5) is 27.1. The molecule has 2 heterocycles. The number of hydrogen-bond donors (Lipinski definition) is 0. The zero-order valence-corrected chi connectivity index (χ0v) is 13.9. The molecular weight excluding hydrogens is 323 g/mol. The zero-order chi connectivity index (χ0) is 17.8. The quantitative estimate of drug-likeness (QED) is 0.633. The molecule has 6 heteroatoms. The zero-order valence-electron chi connectivity index (χ0n) is 13.9. The Labute approximate surface area is 145 Å². The van der Waals surface area contributed by atoms with E-state index in [-0.39, 0.29) is 11.7 Å². The van der Waals surface area contributed by atoms with Crippen LogP contribution in [0.1, 0.15) is 23.0 Å². The summed E-state index contributed by atoms with van der Waals surface area (Å²) in [5.41, 5.74) is 0.821. The molecule has 1 aromatic heterocycles. The number of carbonyl (C=O) groups excluding carboxylic acids is 2. The van der Waals surface area contributed by atoms with E-state index < -0.39 is 5.82 Å². The Morgan fingerprint density at radius 3 is 2.52 bits per heavy atom. The number of ketones is 1. The molecule has 1 saturated heterocycles. The molecule has 1 aromatic carbocycles. The highest BCUT2D eigenvalue weighted by atomic mass is 19.1. The third-order valence-electron chi connectivity index (χ3n) is 4.22. The standard InChI is InChI=1S/C19H19FN2O3/c1-14(23)15-4-6-18(17(20)13-15)21-8-10-22(11-9-21)19(24)7-5-16-3-2-12-25-16/h2-7,12-13H,8-11H2,1H3. The summed E-state index contributed by atoms with van der Waals surface area (Å²) >= 11 is 0. The van der Waals surface area contributed by atoms with Crippen LogP contribution in [0.5, 0.6) is 0 Å². The average molecular weight is 342 g/mol. The highest BCUT2D eigenvalue weighted by Crippen LogP contribution is 2.22. The second-order valence-electron chi connectivity index (χ2n) is 5.88. The van der Waals surface area contributed by atoms with Crippen molar-refractivity contribution in [1.29, 1.82) is 0 Å². The van der Waals surface area contributed by atoms with Gasteiger partial charge in [-0.3, -0.25) is 9.59 Å². The molecule has 0 bridgehead atoms. The first-order valence-corrected chi connectivity index (χ1v) is 8.10. The Hall–Kier alpha value is -2.89. The third-order valence-corrected chi connectivity index (χ3v) is 4.22. The summed E-state index contributed by atoms with van der Waals surface area (Å²) in [5.74, 6) is -0.0440. The van der Waals surface area contributed by atoms with Gasteiger partial charge in [0.05, 0.1) is 12.0 Å². The fourth-order valence-electron chi connectivity index (χ4n) is 2.80. The van der Waals surface area contributed by atoms with Gasteiger partial charge in [0.2, 0.25) is 5.91 Å².